The Hall–Kier alpha value is -1.43. The van der Waals surface area contributed by atoms with Crippen molar-refractivity contribution in [1.29, 1.82) is 0 Å². The molecule has 0 amide bonds. The molecule has 4 aliphatic rings. The van der Waals surface area contributed by atoms with Gasteiger partial charge in [-0.15, -0.1) is 0 Å². The third-order valence-electron chi connectivity index (χ3n) is 6.35. The Labute approximate surface area is 128 Å². The zero-order valence-corrected chi connectivity index (χ0v) is 12.3. The minimum atomic E-state index is -0.934. The molecule has 1 saturated carbocycles. The van der Waals surface area contributed by atoms with Crippen LogP contribution in [0.1, 0.15) is 36.0 Å². The summed E-state index contributed by atoms with van der Waals surface area (Å²) < 4.78 is 6.08. The number of hydrogen-bond acceptors (Lipinski definition) is 5. The molecule has 5 rings (SSSR count). The van der Waals surface area contributed by atoms with E-state index in [0.717, 1.165) is 29.7 Å². The van der Waals surface area contributed by atoms with Gasteiger partial charge in [0.25, 0.3) is 0 Å². The third-order valence-corrected chi connectivity index (χ3v) is 6.35. The van der Waals surface area contributed by atoms with Crippen molar-refractivity contribution in [2.75, 3.05) is 6.54 Å². The molecule has 4 unspecified atom stereocenters. The average Bonchev–Trinajstić information content (AvgIpc) is 2.85. The van der Waals surface area contributed by atoms with Crippen molar-refractivity contribution in [1.82, 2.24) is 5.32 Å². The highest BCUT2D eigenvalue weighted by Crippen LogP contribution is 2.62. The van der Waals surface area contributed by atoms with Gasteiger partial charge in [0.1, 0.15) is 5.75 Å². The molecule has 0 radical (unpaired) electrons. The quantitative estimate of drug-likeness (QED) is 0.690. The molecule has 1 saturated heterocycles. The van der Waals surface area contributed by atoms with E-state index in [-0.39, 0.29) is 18.4 Å². The zero-order valence-electron chi connectivity index (χ0n) is 12.3. The average molecular weight is 301 g/mol. The summed E-state index contributed by atoms with van der Waals surface area (Å²) in [5.41, 5.74) is 1.29. The van der Waals surface area contributed by atoms with Gasteiger partial charge in [0.05, 0.1) is 17.6 Å². The van der Waals surface area contributed by atoms with E-state index < -0.39 is 17.1 Å². The Morgan fingerprint density at radius 2 is 2.23 bits per heavy atom. The van der Waals surface area contributed by atoms with E-state index in [0.29, 0.717) is 25.0 Å². The monoisotopic (exact) mass is 301 g/mol. The first-order valence-electron chi connectivity index (χ1n) is 8.03. The number of aliphatic hydroxyl groups is 2. The molecular weight excluding hydrogens is 282 g/mol. The van der Waals surface area contributed by atoms with Gasteiger partial charge in [-0.1, -0.05) is 12.1 Å². The highest BCUT2D eigenvalue weighted by Gasteiger charge is 2.71. The molecule has 5 nitrogen and oxygen atoms in total. The lowest BCUT2D eigenvalue weighted by molar-refractivity contribution is -0.166. The van der Waals surface area contributed by atoms with Gasteiger partial charge in [0, 0.05) is 23.6 Å². The number of nitrogens with one attached hydrogen (secondary N) is 1. The Bertz CT molecular complexity index is 702. The standard InChI is InChI=1S/C17H19NO4/c19-8-10-2-1-9-7-12-17(21)4-3-11(20)15-16(17,5-6-18-12)13(9)14(10)22-15/h1-2,12,15,18-19,21H,3-8H2. The second kappa shape index (κ2) is 3.91. The molecule has 4 atom stereocenters. The van der Waals surface area contributed by atoms with Crippen LogP contribution >= 0.6 is 0 Å². The van der Waals surface area contributed by atoms with Gasteiger partial charge in [0.15, 0.2) is 11.9 Å². The summed E-state index contributed by atoms with van der Waals surface area (Å²) in [7, 11) is 0. The maximum atomic E-state index is 12.5. The van der Waals surface area contributed by atoms with Gasteiger partial charge in [-0.05, 0) is 31.4 Å². The fourth-order valence-corrected chi connectivity index (χ4v) is 5.42. The lowest BCUT2D eigenvalue weighted by Crippen LogP contribution is -2.76. The SMILES string of the molecule is O=C1CCC2(O)C3Cc4ccc(CO)c5c4C2(CCN3)C1O5. The molecule has 22 heavy (non-hydrogen) atoms. The molecule has 2 bridgehead atoms. The van der Waals surface area contributed by atoms with E-state index >= 15 is 0 Å². The van der Waals surface area contributed by atoms with Crippen LogP contribution in [0.15, 0.2) is 12.1 Å². The van der Waals surface area contributed by atoms with E-state index in [9.17, 15) is 15.0 Å². The van der Waals surface area contributed by atoms with Crippen molar-refractivity contribution < 1.29 is 19.7 Å². The molecule has 2 heterocycles. The molecule has 2 fully saturated rings. The highest BCUT2D eigenvalue weighted by atomic mass is 16.5. The zero-order chi connectivity index (χ0) is 15.1. The lowest BCUT2D eigenvalue weighted by Gasteiger charge is -2.59. The number of rotatable bonds is 1. The maximum absolute atomic E-state index is 12.5. The molecule has 1 spiro atoms. The summed E-state index contributed by atoms with van der Waals surface area (Å²) in [6.07, 6.45) is 1.70. The summed E-state index contributed by atoms with van der Waals surface area (Å²) in [5, 5.41) is 24.6. The number of ketones is 1. The number of piperidine rings is 1. The van der Waals surface area contributed by atoms with Gasteiger partial charge in [-0.25, -0.2) is 0 Å². The number of aliphatic hydroxyl groups excluding tert-OH is 1. The summed E-state index contributed by atoms with van der Waals surface area (Å²) in [5.74, 6) is 0.734. The first-order valence-corrected chi connectivity index (χ1v) is 8.03. The van der Waals surface area contributed by atoms with Crippen LogP contribution in [0.3, 0.4) is 0 Å². The van der Waals surface area contributed by atoms with E-state index in [1.165, 1.54) is 0 Å². The lowest BCUT2D eigenvalue weighted by atomic mass is 9.49. The van der Waals surface area contributed by atoms with Crippen molar-refractivity contribution in [3.8, 4) is 5.75 Å². The number of carbonyl (C=O) groups excluding carboxylic acids is 1. The van der Waals surface area contributed by atoms with Crippen LogP contribution in [0.2, 0.25) is 0 Å². The molecule has 3 N–H and O–H groups in total. The van der Waals surface area contributed by atoms with Gasteiger partial charge in [-0.3, -0.25) is 4.79 Å². The summed E-state index contributed by atoms with van der Waals surface area (Å²) >= 11 is 0. The molecule has 1 aromatic rings. The van der Waals surface area contributed by atoms with Gasteiger partial charge in [0.2, 0.25) is 0 Å². The topological polar surface area (TPSA) is 78.8 Å². The Balaban J connectivity index is 1.87. The Kier molecular flexibility index (Phi) is 2.32. The second-order valence-electron chi connectivity index (χ2n) is 7.07. The second-order valence-corrected chi connectivity index (χ2v) is 7.07. The first kappa shape index (κ1) is 13.0. The predicted molar refractivity (Wildman–Crippen MR) is 77.8 cm³/mol. The Morgan fingerprint density at radius 1 is 1.36 bits per heavy atom. The van der Waals surface area contributed by atoms with Gasteiger partial charge >= 0.3 is 0 Å². The molecule has 0 aromatic heterocycles. The highest BCUT2D eigenvalue weighted by molar-refractivity contribution is 5.89. The largest absolute Gasteiger partial charge is 0.481 e. The van der Waals surface area contributed by atoms with Gasteiger partial charge < -0.3 is 20.3 Å². The van der Waals surface area contributed by atoms with Crippen LogP contribution in [-0.4, -0.2) is 40.3 Å². The van der Waals surface area contributed by atoms with E-state index in [2.05, 4.69) is 5.32 Å². The number of ether oxygens (including phenoxy) is 1. The van der Waals surface area contributed by atoms with Crippen LogP contribution < -0.4 is 10.1 Å². The number of benzene rings is 1. The molecule has 5 heteroatoms. The molecule has 116 valence electrons. The molecule has 1 aromatic carbocycles. The summed E-state index contributed by atoms with van der Waals surface area (Å²) in [4.78, 5) is 12.5. The van der Waals surface area contributed by atoms with Crippen molar-refractivity contribution in [2.45, 2.75) is 55.5 Å². The molecule has 2 aliphatic heterocycles. The van der Waals surface area contributed by atoms with E-state index in [1.54, 1.807) is 0 Å². The smallest absolute Gasteiger partial charge is 0.174 e. The van der Waals surface area contributed by atoms with Crippen molar-refractivity contribution in [2.24, 2.45) is 0 Å². The van der Waals surface area contributed by atoms with E-state index in [4.69, 9.17) is 4.74 Å². The first-order chi connectivity index (χ1) is 10.6. The number of hydrogen-bond donors (Lipinski definition) is 3. The van der Waals surface area contributed by atoms with E-state index in [1.807, 2.05) is 12.1 Å². The third kappa shape index (κ3) is 1.18. The number of Topliss-reactive ketones (excluding diaryl/α,β-unsaturated/α-hetero) is 1. The van der Waals surface area contributed by atoms with Crippen LogP contribution in [0.4, 0.5) is 0 Å². The minimum absolute atomic E-state index is 0.0288. The van der Waals surface area contributed by atoms with Gasteiger partial charge in [-0.2, -0.15) is 0 Å². The van der Waals surface area contributed by atoms with Crippen LogP contribution in [0.5, 0.6) is 5.75 Å². The molecule has 2 aliphatic carbocycles. The Morgan fingerprint density at radius 3 is 3.05 bits per heavy atom. The van der Waals surface area contributed by atoms with Crippen LogP contribution in [0, 0.1) is 0 Å². The fourth-order valence-electron chi connectivity index (χ4n) is 5.42. The summed E-state index contributed by atoms with van der Waals surface area (Å²) in [6, 6.07) is 3.88. The molecular formula is C17H19NO4. The fraction of sp³-hybridized carbons (Fsp3) is 0.588. The summed E-state index contributed by atoms with van der Waals surface area (Å²) in [6.45, 7) is 0.669. The predicted octanol–water partition coefficient (Wildman–Crippen LogP) is 0.190. The van der Waals surface area contributed by atoms with Crippen molar-refractivity contribution in [3.05, 3.63) is 28.8 Å². The van der Waals surface area contributed by atoms with Crippen molar-refractivity contribution in [3.63, 3.8) is 0 Å². The minimum Gasteiger partial charge on any atom is -0.481 e. The normalized spacial score (nSPS) is 41.1. The van der Waals surface area contributed by atoms with Crippen LogP contribution in [-0.2, 0) is 23.2 Å². The van der Waals surface area contributed by atoms with Crippen molar-refractivity contribution >= 4 is 5.78 Å². The van der Waals surface area contributed by atoms with Crippen LogP contribution in [0.25, 0.3) is 0 Å². The number of carbonyl (C=O) groups is 1. The maximum Gasteiger partial charge on any atom is 0.174 e.